The van der Waals surface area contributed by atoms with Crippen LogP contribution in [-0.4, -0.2) is 36.4 Å². The summed E-state index contributed by atoms with van der Waals surface area (Å²) >= 11 is 0. The van der Waals surface area contributed by atoms with Crippen LogP contribution in [0.2, 0.25) is 0 Å². The molecular weight excluding hydrogens is 478 g/mol. The molecule has 3 aromatic rings. The van der Waals surface area contributed by atoms with Gasteiger partial charge in [0.2, 0.25) is 0 Å². The van der Waals surface area contributed by atoms with Crippen LogP contribution >= 0.6 is 0 Å². The number of benzene rings is 3. The summed E-state index contributed by atoms with van der Waals surface area (Å²) in [6.45, 7) is 9.91. The molecule has 0 aliphatic heterocycles. The number of alkyl carbamates (subject to hydrolysis) is 1. The second-order valence-corrected chi connectivity index (χ2v) is 10.7. The molecule has 38 heavy (non-hydrogen) atoms. The maximum absolute atomic E-state index is 13.0. The quantitative estimate of drug-likeness (QED) is 0.323. The van der Waals surface area contributed by atoms with Gasteiger partial charge >= 0.3 is 12.1 Å². The third kappa shape index (κ3) is 6.74. The van der Waals surface area contributed by atoms with Crippen molar-refractivity contribution >= 4 is 12.1 Å². The molecule has 1 N–H and O–H groups in total. The number of carbonyl (C=O) groups excluding carboxylic acids is 2. The molecule has 0 aromatic heterocycles. The molecule has 6 nitrogen and oxygen atoms in total. The number of fused-ring (bicyclic) bond motifs is 3. The standard InChI is InChI=1S/C32H37NO5/c1-6-21(2)37-30(34)29(19-22-15-17-23(18-16-22)38-32(3,4)5)33-31(35)36-20-28-26-13-9-7-11-24(26)25-12-8-10-14-27(25)28/h7-18,21,28-29H,6,19-20H2,1-5H3,(H,33,35)/t21?,29-/m0/s1. The molecule has 1 amide bonds. The van der Waals surface area contributed by atoms with Crippen molar-refractivity contribution in [1.82, 2.24) is 5.32 Å². The van der Waals surface area contributed by atoms with E-state index in [1.165, 1.54) is 0 Å². The minimum Gasteiger partial charge on any atom is -0.488 e. The van der Waals surface area contributed by atoms with Gasteiger partial charge in [0.25, 0.3) is 0 Å². The SMILES string of the molecule is CCC(C)OC(=O)[C@H](Cc1ccc(OC(C)(C)C)cc1)NC(=O)OCC1c2ccccc2-c2ccccc21. The van der Waals surface area contributed by atoms with E-state index in [1.54, 1.807) is 0 Å². The highest BCUT2D eigenvalue weighted by Crippen LogP contribution is 2.44. The second kappa shape index (κ2) is 11.7. The lowest BCUT2D eigenvalue weighted by Crippen LogP contribution is -2.44. The molecule has 0 spiro atoms. The van der Waals surface area contributed by atoms with Crippen LogP contribution in [-0.2, 0) is 20.7 Å². The van der Waals surface area contributed by atoms with Gasteiger partial charge in [0.05, 0.1) is 6.10 Å². The van der Waals surface area contributed by atoms with E-state index in [0.717, 1.165) is 33.6 Å². The summed E-state index contributed by atoms with van der Waals surface area (Å²) in [7, 11) is 0. The Hall–Kier alpha value is -3.80. The van der Waals surface area contributed by atoms with Crippen LogP contribution < -0.4 is 10.1 Å². The van der Waals surface area contributed by atoms with E-state index in [0.29, 0.717) is 6.42 Å². The van der Waals surface area contributed by atoms with Crippen molar-refractivity contribution in [1.29, 1.82) is 0 Å². The topological polar surface area (TPSA) is 73.9 Å². The normalized spacial score (nSPS) is 14.1. The number of amides is 1. The van der Waals surface area contributed by atoms with Crippen LogP contribution in [0.4, 0.5) is 4.79 Å². The Morgan fingerprint density at radius 2 is 1.47 bits per heavy atom. The molecule has 0 radical (unpaired) electrons. The van der Waals surface area contributed by atoms with Crippen LogP contribution in [0.1, 0.15) is 63.6 Å². The van der Waals surface area contributed by atoms with Crippen molar-refractivity contribution in [2.75, 3.05) is 6.61 Å². The summed E-state index contributed by atoms with van der Waals surface area (Å²) in [4.78, 5) is 25.9. The molecule has 0 bridgehead atoms. The fourth-order valence-corrected chi connectivity index (χ4v) is 4.62. The first kappa shape index (κ1) is 27.2. The molecule has 4 rings (SSSR count). The number of ether oxygens (including phenoxy) is 3. The van der Waals surface area contributed by atoms with E-state index in [1.807, 2.05) is 83.1 Å². The third-order valence-electron chi connectivity index (χ3n) is 6.60. The summed E-state index contributed by atoms with van der Waals surface area (Å²) in [6.07, 6.45) is 0.0554. The van der Waals surface area contributed by atoms with Crippen LogP contribution in [0.5, 0.6) is 5.75 Å². The first-order chi connectivity index (χ1) is 18.1. The minimum atomic E-state index is -0.881. The molecule has 200 valence electrons. The monoisotopic (exact) mass is 515 g/mol. The Morgan fingerprint density at radius 3 is 2.03 bits per heavy atom. The van der Waals surface area contributed by atoms with Gasteiger partial charge in [-0.05, 0) is 74.1 Å². The molecule has 0 saturated heterocycles. The zero-order valence-electron chi connectivity index (χ0n) is 22.8. The summed E-state index contributed by atoms with van der Waals surface area (Å²) in [6, 6.07) is 23.0. The first-order valence-electron chi connectivity index (χ1n) is 13.2. The van der Waals surface area contributed by atoms with Gasteiger partial charge in [-0.3, -0.25) is 0 Å². The fraction of sp³-hybridized carbons (Fsp3) is 0.375. The Balaban J connectivity index is 1.44. The smallest absolute Gasteiger partial charge is 0.407 e. The number of hydrogen-bond acceptors (Lipinski definition) is 5. The zero-order valence-corrected chi connectivity index (χ0v) is 22.8. The van der Waals surface area contributed by atoms with Crippen molar-refractivity contribution in [2.45, 2.75) is 71.1 Å². The van der Waals surface area contributed by atoms with E-state index >= 15 is 0 Å². The average molecular weight is 516 g/mol. The predicted molar refractivity (Wildman–Crippen MR) is 148 cm³/mol. The molecule has 1 aliphatic carbocycles. The highest BCUT2D eigenvalue weighted by Gasteiger charge is 2.30. The highest BCUT2D eigenvalue weighted by atomic mass is 16.6. The molecule has 0 saturated carbocycles. The lowest BCUT2D eigenvalue weighted by molar-refractivity contribution is -0.150. The van der Waals surface area contributed by atoms with Gasteiger partial charge < -0.3 is 19.5 Å². The molecule has 1 unspecified atom stereocenters. The summed E-state index contributed by atoms with van der Waals surface area (Å²) in [5.41, 5.74) is 5.14. The number of rotatable bonds is 9. The number of hydrogen-bond donors (Lipinski definition) is 1. The predicted octanol–water partition coefficient (Wildman–Crippen LogP) is 6.66. The van der Waals surface area contributed by atoms with Crippen LogP contribution in [0, 0.1) is 0 Å². The zero-order chi connectivity index (χ0) is 27.3. The van der Waals surface area contributed by atoms with Gasteiger partial charge in [-0.1, -0.05) is 67.6 Å². The number of nitrogens with one attached hydrogen (secondary N) is 1. The molecule has 3 aromatic carbocycles. The highest BCUT2D eigenvalue weighted by molar-refractivity contribution is 5.82. The molecule has 1 aliphatic rings. The van der Waals surface area contributed by atoms with Crippen LogP contribution in [0.3, 0.4) is 0 Å². The van der Waals surface area contributed by atoms with Gasteiger partial charge in [0.1, 0.15) is 24.0 Å². The molecule has 6 heteroatoms. The maximum Gasteiger partial charge on any atom is 0.407 e. The largest absolute Gasteiger partial charge is 0.488 e. The first-order valence-corrected chi connectivity index (χ1v) is 13.2. The average Bonchev–Trinajstić information content (AvgIpc) is 3.21. The van der Waals surface area contributed by atoms with E-state index in [-0.39, 0.29) is 30.7 Å². The lowest BCUT2D eigenvalue weighted by Gasteiger charge is -2.22. The van der Waals surface area contributed by atoms with Crippen molar-refractivity contribution in [3.05, 3.63) is 89.5 Å². The Bertz CT molecular complexity index is 1220. The van der Waals surface area contributed by atoms with Gasteiger partial charge in [-0.2, -0.15) is 0 Å². The van der Waals surface area contributed by atoms with Crippen molar-refractivity contribution in [3.63, 3.8) is 0 Å². The maximum atomic E-state index is 13.0. The Kier molecular flexibility index (Phi) is 8.40. The molecule has 2 atom stereocenters. The molecule has 0 heterocycles. The van der Waals surface area contributed by atoms with Crippen LogP contribution in [0.25, 0.3) is 11.1 Å². The lowest BCUT2D eigenvalue weighted by atomic mass is 9.98. The minimum absolute atomic E-state index is 0.0611. The van der Waals surface area contributed by atoms with E-state index in [9.17, 15) is 9.59 Å². The van der Waals surface area contributed by atoms with Crippen molar-refractivity contribution < 1.29 is 23.8 Å². The van der Waals surface area contributed by atoms with E-state index < -0.39 is 18.1 Å². The van der Waals surface area contributed by atoms with Gasteiger partial charge in [-0.25, -0.2) is 9.59 Å². The van der Waals surface area contributed by atoms with Gasteiger partial charge in [0.15, 0.2) is 0 Å². The van der Waals surface area contributed by atoms with Crippen molar-refractivity contribution in [2.24, 2.45) is 0 Å². The summed E-state index contributed by atoms with van der Waals surface area (Å²) in [5, 5.41) is 2.75. The van der Waals surface area contributed by atoms with E-state index in [4.69, 9.17) is 14.2 Å². The summed E-state index contributed by atoms with van der Waals surface area (Å²) in [5.74, 6) is 0.196. The van der Waals surface area contributed by atoms with E-state index in [2.05, 4.69) is 29.6 Å². The number of carbonyl (C=O) groups is 2. The van der Waals surface area contributed by atoms with Crippen LogP contribution in [0.15, 0.2) is 72.8 Å². The molecular formula is C32H37NO5. The Labute approximate surface area is 225 Å². The molecule has 0 fully saturated rings. The van der Waals surface area contributed by atoms with Crippen molar-refractivity contribution in [3.8, 4) is 16.9 Å². The van der Waals surface area contributed by atoms with Gasteiger partial charge in [0, 0.05) is 12.3 Å². The summed E-state index contributed by atoms with van der Waals surface area (Å²) < 4.78 is 17.1. The Morgan fingerprint density at radius 1 is 0.895 bits per heavy atom. The van der Waals surface area contributed by atoms with Gasteiger partial charge in [-0.15, -0.1) is 0 Å². The second-order valence-electron chi connectivity index (χ2n) is 10.7. The third-order valence-corrected chi connectivity index (χ3v) is 6.60. The number of esters is 1. The fourth-order valence-electron chi connectivity index (χ4n) is 4.62.